The molecule has 1 heterocycles. The lowest BCUT2D eigenvalue weighted by Crippen LogP contribution is -2.44. The third-order valence-electron chi connectivity index (χ3n) is 7.59. The number of ether oxygens (including phenoxy) is 3. The largest absolute Gasteiger partial charge is 0.414 e. The van der Waals surface area contributed by atoms with Gasteiger partial charge in [-0.3, -0.25) is 0 Å². The van der Waals surface area contributed by atoms with Crippen molar-refractivity contribution in [3.63, 3.8) is 0 Å². The second-order valence-electron chi connectivity index (χ2n) is 11.5. The molecule has 4 atom stereocenters. The van der Waals surface area contributed by atoms with Gasteiger partial charge in [0.15, 0.2) is 8.32 Å². The van der Waals surface area contributed by atoms with Crippen LogP contribution in [0.4, 0.5) is 0 Å². The summed E-state index contributed by atoms with van der Waals surface area (Å²) >= 11 is 0. The third kappa shape index (κ3) is 12.5. The molecule has 1 aliphatic heterocycles. The fraction of sp³-hybridized carbons (Fsp3) is 1.00. The van der Waals surface area contributed by atoms with Crippen molar-refractivity contribution in [2.45, 2.75) is 154 Å². The first-order chi connectivity index (χ1) is 15.6. The smallest absolute Gasteiger partial charge is 0.192 e. The van der Waals surface area contributed by atoms with E-state index >= 15 is 0 Å². The average molecular weight is 489 g/mol. The van der Waals surface area contributed by atoms with E-state index in [9.17, 15) is 5.11 Å². The molecule has 0 unspecified atom stereocenters. The van der Waals surface area contributed by atoms with Gasteiger partial charge in [0.2, 0.25) is 0 Å². The monoisotopic (exact) mass is 488 g/mol. The van der Waals surface area contributed by atoms with Gasteiger partial charge in [0.25, 0.3) is 0 Å². The fourth-order valence-electron chi connectivity index (χ4n) is 4.23. The summed E-state index contributed by atoms with van der Waals surface area (Å²) in [5, 5.41) is 10.9. The first kappa shape index (κ1) is 31.0. The van der Waals surface area contributed by atoms with Crippen LogP contribution in [0.2, 0.25) is 18.1 Å². The van der Waals surface area contributed by atoms with Gasteiger partial charge in [-0.25, -0.2) is 0 Å². The molecule has 0 amide bonds. The Morgan fingerprint density at radius 1 is 0.909 bits per heavy atom. The maximum Gasteiger partial charge on any atom is 0.192 e. The van der Waals surface area contributed by atoms with Crippen molar-refractivity contribution in [3.8, 4) is 0 Å². The predicted octanol–water partition coefficient (Wildman–Crippen LogP) is 7.22. The number of aliphatic hydroxyl groups is 1. The lowest BCUT2D eigenvalue weighted by Gasteiger charge is -2.37. The van der Waals surface area contributed by atoms with Gasteiger partial charge < -0.3 is 23.7 Å². The quantitative estimate of drug-likeness (QED) is 0.118. The van der Waals surface area contributed by atoms with Gasteiger partial charge in [0.05, 0.1) is 24.9 Å². The second-order valence-corrected chi connectivity index (χ2v) is 16.3. The van der Waals surface area contributed by atoms with Crippen LogP contribution in [0.3, 0.4) is 0 Å². The van der Waals surface area contributed by atoms with Crippen molar-refractivity contribution in [1.29, 1.82) is 0 Å². The Labute approximate surface area is 206 Å². The Hall–Kier alpha value is 0.0169. The van der Waals surface area contributed by atoms with E-state index in [2.05, 4.69) is 40.8 Å². The predicted molar refractivity (Wildman–Crippen MR) is 140 cm³/mol. The van der Waals surface area contributed by atoms with Crippen LogP contribution in [-0.4, -0.2) is 58.3 Å². The molecule has 6 heteroatoms. The number of methoxy groups -OCH3 is 1. The van der Waals surface area contributed by atoms with E-state index in [1.165, 1.54) is 57.8 Å². The molecule has 0 bridgehead atoms. The standard InChI is InChI=1S/C27H56O5Si/c1-8-9-10-11-12-13-14-15-16-17-18-25(30-22-29-5)26-20-19-24(32-26)23(28)21-31-33(6,7)27(2,3)4/h23-26,28H,8-22H2,1-7H3/t23-,24+,25-,26+/m0/s1. The van der Waals surface area contributed by atoms with Crippen LogP contribution >= 0.6 is 0 Å². The summed E-state index contributed by atoms with van der Waals surface area (Å²) in [6.45, 7) is 14.0. The molecule has 0 saturated carbocycles. The molecular weight excluding hydrogens is 432 g/mol. The molecule has 1 N–H and O–H groups in total. The maximum absolute atomic E-state index is 10.7. The van der Waals surface area contributed by atoms with Crippen LogP contribution < -0.4 is 0 Å². The van der Waals surface area contributed by atoms with E-state index in [1.54, 1.807) is 7.11 Å². The summed E-state index contributed by atoms with van der Waals surface area (Å²) in [6, 6.07) is 0. The van der Waals surface area contributed by atoms with Crippen LogP contribution in [0.5, 0.6) is 0 Å². The molecule has 1 rings (SSSR count). The molecule has 198 valence electrons. The van der Waals surface area contributed by atoms with Gasteiger partial charge in [0.1, 0.15) is 12.9 Å². The van der Waals surface area contributed by atoms with Crippen LogP contribution in [0.15, 0.2) is 0 Å². The first-order valence-electron chi connectivity index (χ1n) is 13.7. The Morgan fingerprint density at radius 2 is 1.45 bits per heavy atom. The zero-order chi connectivity index (χ0) is 24.7. The zero-order valence-electron chi connectivity index (χ0n) is 23.0. The molecule has 0 aromatic carbocycles. The summed E-state index contributed by atoms with van der Waals surface area (Å²) in [7, 11) is -0.208. The SMILES string of the molecule is CCCCCCCCCCCC[C@H](OCOC)[C@H]1CC[C@H]([C@@H](O)CO[Si](C)(C)C(C)(C)C)O1. The Balaban J connectivity index is 2.33. The molecule has 0 aromatic heterocycles. The fourth-order valence-corrected chi connectivity index (χ4v) is 5.25. The molecule has 0 aliphatic carbocycles. The van der Waals surface area contributed by atoms with Crippen LogP contribution in [0.1, 0.15) is 111 Å². The van der Waals surface area contributed by atoms with Gasteiger partial charge in [-0.15, -0.1) is 0 Å². The first-order valence-corrected chi connectivity index (χ1v) is 16.6. The van der Waals surface area contributed by atoms with E-state index in [1.807, 2.05) is 0 Å². The highest BCUT2D eigenvalue weighted by Crippen LogP contribution is 2.37. The minimum atomic E-state index is -1.87. The summed E-state index contributed by atoms with van der Waals surface area (Å²) in [6.07, 6.45) is 15.4. The van der Waals surface area contributed by atoms with E-state index in [0.29, 0.717) is 13.4 Å². The normalized spacial score (nSPS) is 21.5. The van der Waals surface area contributed by atoms with Gasteiger partial charge in [0, 0.05) is 7.11 Å². The highest BCUT2D eigenvalue weighted by Gasteiger charge is 2.40. The molecule has 1 fully saturated rings. The van der Waals surface area contributed by atoms with Crippen molar-refractivity contribution in [2.24, 2.45) is 0 Å². The van der Waals surface area contributed by atoms with Gasteiger partial charge in [-0.1, -0.05) is 91.9 Å². The number of rotatable bonds is 19. The molecule has 5 nitrogen and oxygen atoms in total. The Bertz CT molecular complexity index is 480. The minimum absolute atomic E-state index is 0.0336. The number of hydrogen-bond acceptors (Lipinski definition) is 5. The van der Waals surface area contributed by atoms with Crippen molar-refractivity contribution in [3.05, 3.63) is 0 Å². The van der Waals surface area contributed by atoms with E-state index in [-0.39, 0.29) is 23.4 Å². The van der Waals surface area contributed by atoms with Crippen LogP contribution in [0.25, 0.3) is 0 Å². The Morgan fingerprint density at radius 3 is 2.00 bits per heavy atom. The van der Waals surface area contributed by atoms with Crippen LogP contribution in [-0.2, 0) is 18.6 Å². The summed E-state index contributed by atoms with van der Waals surface area (Å²) in [5.74, 6) is 0. The molecular formula is C27H56O5Si. The van der Waals surface area contributed by atoms with Crippen molar-refractivity contribution in [1.82, 2.24) is 0 Å². The lowest BCUT2D eigenvalue weighted by molar-refractivity contribution is -0.140. The highest BCUT2D eigenvalue weighted by molar-refractivity contribution is 6.74. The molecule has 1 aliphatic rings. The maximum atomic E-state index is 10.7. The highest BCUT2D eigenvalue weighted by atomic mass is 28.4. The second kappa shape index (κ2) is 16.6. The number of unbranched alkanes of at least 4 members (excludes halogenated alkanes) is 9. The van der Waals surface area contributed by atoms with Crippen molar-refractivity contribution in [2.75, 3.05) is 20.5 Å². The lowest BCUT2D eigenvalue weighted by atomic mass is 10.0. The molecule has 1 saturated heterocycles. The van der Waals surface area contributed by atoms with Crippen LogP contribution in [0, 0.1) is 0 Å². The average Bonchev–Trinajstić information content (AvgIpc) is 3.25. The van der Waals surface area contributed by atoms with Gasteiger partial charge >= 0.3 is 0 Å². The molecule has 33 heavy (non-hydrogen) atoms. The van der Waals surface area contributed by atoms with Crippen molar-refractivity contribution >= 4 is 8.32 Å². The summed E-state index contributed by atoms with van der Waals surface area (Å²) in [4.78, 5) is 0. The zero-order valence-corrected chi connectivity index (χ0v) is 24.0. The summed E-state index contributed by atoms with van der Waals surface area (Å²) < 4.78 is 23.7. The minimum Gasteiger partial charge on any atom is -0.414 e. The van der Waals surface area contributed by atoms with E-state index in [4.69, 9.17) is 18.6 Å². The number of aliphatic hydroxyl groups excluding tert-OH is 1. The topological polar surface area (TPSA) is 57.2 Å². The Kier molecular flexibility index (Phi) is 15.7. The molecule has 0 aromatic rings. The van der Waals surface area contributed by atoms with E-state index < -0.39 is 14.4 Å². The third-order valence-corrected chi connectivity index (χ3v) is 12.1. The summed E-state index contributed by atoms with van der Waals surface area (Å²) in [5.41, 5.74) is 0. The van der Waals surface area contributed by atoms with Gasteiger partial charge in [-0.05, 0) is 37.4 Å². The number of hydrogen-bond donors (Lipinski definition) is 1. The van der Waals surface area contributed by atoms with Crippen molar-refractivity contribution < 1.29 is 23.7 Å². The molecule has 0 radical (unpaired) electrons. The molecule has 0 spiro atoms. The van der Waals surface area contributed by atoms with E-state index in [0.717, 1.165) is 25.7 Å². The van der Waals surface area contributed by atoms with Gasteiger partial charge in [-0.2, -0.15) is 0 Å².